The SMILES string of the molecule is CCS(=O)(=O)N1CCC(NC(=NC)NCC(C)(C)c2cccc(OC)c2)CC1. The van der Waals surface area contributed by atoms with Crippen LogP contribution in [0.4, 0.5) is 0 Å². The predicted molar refractivity (Wildman–Crippen MR) is 115 cm³/mol. The predicted octanol–water partition coefficient (Wildman–Crippen LogP) is 1.95. The molecule has 1 heterocycles. The van der Waals surface area contributed by atoms with Gasteiger partial charge in [-0.15, -0.1) is 0 Å². The average molecular weight is 411 g/mol. The maximum absolute atomic E-state index is 12.0. The third-order valence-corrected chi connectivity index (χ3v) is 7.21. The van der Waals surface area contributed by atoms with Crippen molar-refractivity contribution in [2.75, 3.05) is 39.5 Å². The fourth-order valence-electron chi connectivity index (χ4n) is 3.30. The lowest BCUT2D eigenvalue weighted by molar-refractivity contribution is 0.306. The molecule has 0 saturated carbocycles. The Labute approximate surface area is 169 Å². The van der Waals surface area contributed by atoms with Crippen molar-refractivity contribution in [3.8, 4) is 5.75 Å². The van der Waals surface area contributed by atoms with Crippen molar-refractivity contribution < 1.29 is 13.2 Å². The molecule has 2 rings (SSSR count). The van der Waals surface area contributed by atoms with E-state index in [4.69, 9.17) is 4.74 Å². The van der Waals surface area contributed by atoms with Gasteiger partial charge >= 0.3 is 0 Å². The second kappa shape index (κ2) is 9.60. The van der Waals surface area contributed by atoms with Crippen LogP contribution < -0.4 is 15.4 Å². The molecule has 1 saturated heterocycles. The van der Waals surface area contributed by atoms with Gasteiger partial charge in [0.15, 0.2) is 5.96 Å². The number of aliphatic imine (C=N–C) groups is 1. The van der Waals surface area contributed by atoms with Crippen LogP contribution in [0.2, 0.25) is 0 Å². The van der Waals surface area contributed by atoms with E-state index in [0.717, 1.165) is 24.6 Å². The Hall–Kier alpha value is -1.80. The number of piperidine rings is 1. The van der Waals surface area contributed by atoms with Crippen LogP contribution >= 0.6 is 0 Å². The summed E-state index contributed by atoms with van der Waals surface area (Å²) in [6.45, 7) is 7.87. The largest absolute Gasteiger partial charge is 0.497 e. The highest BCUT2D eigenvalue weighted by Gasteiger charge is 2.27. The Morgan fingerprint density at radius 3 is 2.57 bits per heavy atom. The van der Waals surface area contributed by atoms with E-state index < -0.39 is 10.0 Å². The Morgan fingerprint density at radius 1 is 1.32 bits per heavy atom. The van der Waals surface area contributed by atoms with Crippen molar-refractivity contribution >= 4 is 16.0 Å². The Bertz CT molecular complexity index is 769. The number of guanidine groups is 1. The molecule has 2 N–H and O–H groups in total. The molecular weight excluding hydrogens is 376 g/mol. The van der Waals surface area contributed by atoms with Crippen LogP contribution in [0.15, 0.2) is 29.3 Å². The summed E-state index contributed by atoms with van der Waals surface area (Å²) in [5.74, 6) is 1.75. The lowest BCUT2D eigenvalue weighted by Gasteiger charge is -2.33. The number of ether oxygens (including phenoxy) is 1. The molecule has 0 unspecified atom stereocenters. The van der Waals surface area contributed by atoms with E-state index in [0.29, 0.717) is 19.6 Å². The minimum Gasteiger partial charge on any atom is -0.497 e. The minimum atomic E-state index is -3.10. The van der Waals surface area contributed by atoms with Crippen molar-refractivity contribution in [1.29, 1.82) is 0 Å². The molecule has 0 atom stereocenters. The minimum absolute atomic E-state index is 0.106. The van der Waals surface area contributed by atoms with Gasteiger partial charge in [-0.25, -0.2) is 12.7 Å². The van der Waals surface area contributed by atoms with Crippen LogP contribution in [0.5, 0.6) is 5.75 Å². The summed E-state index contributed by atoms with van der Waals surface area (Å²) in [7, 11) is 0.333. The molecule has 1 aromatic rings. The average Bonchev–Trinajstić information content (AvgIpc) is 2.71. The Morgan fingerprint density at radius 2 is 2.00 bits per heavy atom. The number of sulfonamides is 1. The molecule has 0 spiro atoms. The molecule has 1 aliphatic heterocycles. The van der Waals surface area contributed by atoms with E-state index in [-0.39, 0.29) is 17.2 Å². The monoisotopic (exact) mass is 410 g/mol. The van der Waals surface area contributed by atoms with Gasteiger partial charge in [0.2, 0.25) is 10.0 Å². The highest BCUT2D eigenvalue weighted by atomic mass is 32.2. The third kappa shape index (κ3) is 5.85. The summed E-state index contributed by atoms with van der Waals surface area (Å²) in [4.78, 5) is 4.33. The fraction of sp³-hybridized carbons (Fsp3) is 0.650. The molecule has 0 amide bonds. The second-order valence-electron chi connectivity index (χ2n) is 7.76. The van der Waals surface area contributed by atoms with Gasteiger partial charge in [-0.2, -0.15) is 0 Å². The van der Waals surface area contributed by atoms with E-state index in [1.807, 2.05) is 12.1 Å². The molecule has 0 aliphatic carbocycles. The van der Waals surface area contributed by atoms with E-state index >= 15 is 0 Å². The topological polar surface area (TPSA) is 83.0 Å². The van der Waals surface area contributed by atoms with Gasteiger partial charge in [-0.05, 0) is 37.5 Å². The number of nitrogens with one attached hydrogen (secondary N) is 2. The van der Waals surface area contributed by atoms with Crippen molar-refractivity contribution in [2.24, 2.45) is 4.99 Å². The fourth-order valence-corrected chi connectivity index (χ4v) is 4.43. The van der Waals surface area contributed by atoms with Crippen molar-refractivity contribution in [2.45, 2.75) is 45.1 Å². The molecule has 0 aromatic heterocycles. The van der Waals surface area contributed by atoms with Crippen LogP contribution in [0.1, 0.15) is 39.2 Å². The van der Waals surface area contributed by atoms with Gasteiger partial charge in [-0.1, -0.05) is 26.0 Å². The molecule has 8 heteroatoms. The quantitative estimate of drug-likeness (QED) is 0.530. The first-order valence-electron chi connectivity index (χ1n) is 9.81. The van der Waals surface area contributed by atoms with Gasteiger partial charge in [0, 0.05) is 38.1 Å². The van der Waals surface area contributed by atoms with Gasteiger partial charge in [-0.3, -0.25) is 4.99 Å². The molecule has 0 radical (unpaired) electrons. The first kappa shape index (κ1) is 22.5. The number of benzene rings is 1. The summed E-state index contributed by atoms with van der Waals surface area (Å²) in [6, 6.07) is 8.32. The lowest BCUT2D eigenvalue weighted by atomic mass is 9.84. The van der Waals surface area contributed by atoms with Crippen LogP contribution in [0.3, 0.4) is 0 Å². The first-order chi connectivity index (χ1) is 13.2. The normalized spacial score (nSPS) is 17.4. The number of hydrogen-bond donors (Lipinski definition) is 2. The number of nitrogens with zero attached hydrogens (tertiary/aromatic N) is 2. The molecule has 7 nitrogen and oxygen atoms in total. The van der Waals surface area contributed by atoms with Crippen LogP contribution in [0, 0.1) is 0 Å². The molecular formula is C20H34N4O3S. The Kier molecular flexibility index (Phi) is 7.71. The maximum atomic E-state index is 12.0. The molecule has 1 fully saturated rings. The summed E-state index contributed by atoms with van der Waals surface area (Å²) in [5.41, 5.74) is 1.08. The molecule has 0 bridgehead atoms. The zero-order valence-electron chi connectivity index (χ0n) is 17.7. The van der Waals surface area contributed by atoms with Crippen molar-refractivity contribution in [3.63, 3.8) is 0 Å². The van der Waals surface area contributed by atoms with Crippen LogP contribution in [-0.4, -0.2) is 64.3 Å². The smallest absolute Gasteiger partial charge is 0.213 e. The van der Waals surface area contributed by atoms with E-state index in [1.54, 1.807) is 25.4 Å². The maximum Gasteiger partial charge on any atom is 0.213 e. The number of methoxy groups -OCH3 is 1. The molecule has 28 heavy (non-hydrogen) atoms. The van der Waals surface area contributed by atoms with Crippen LogP contribution in [0.25, 0.3) is 0 Å². The van der Waals surface area contributed by atoms with Crippen molar-refractivity contribution in [3.05, 3.63) is 29.8 Å². The third-order valence-electron chi connectivity index (χ3n) is 5.33. The molecule has 1 aliphatic rings. The summed E-state index contributed by atoms with van der Waals surface area (Å²) in [5, 5.41) is 6.85. The van der Waals surface area contributed by atoms with Gasteiger partial charge in [0.1, 0.15) is 5.75 Å². The van der Waals surface area contributed by atoms with Gasteiger partial charge in [0.25, 0.3) is 0 Å². The zero-order chi connectivity index (χ0) is 20.8. The van der Waals surface area contributed by atoms with Gasteiger partial charge < -0.3 is 15.4 Å². The number of hydrogen-bond acceptors (Lipinski definition) is 4. The van der Waals surface area contributed by atoms with Gasteiger partial charge in [0.05, 0.1) is 12.9 Å². The van der Waals surface area contributed by atoms with Crippen LogP contribution in [-0.2, 0) is 15.4 Å². The van der Waals surface area contributed by atoms with E-state index in [2.05, 4.69) is 41.6 Å². The van der Waals surface area contributed by atoms with E-state index in [9.17, 15) is 8.42 Å². The zero-order valence-corrected chi connectivity index (χ0v) is 18.5. The first-order valence-corrected chi connectivity index (χ1v) is 11.4. The highest BCUT2D eigenvalue weighted by Crippen LogP contribution is 2.25. The summed E-state index contributed by atoms with van der Waals surface area (Å²) < 4.78 is 30.9. The highest BCUT2D eigenvalue weighted by molar-refractivity contribution is 7.89. The van der Waals surface area contributed by atoms with E-state index in [1.165, 1.54) is 5.56 Å². The lowest BCUT2D eigenvalue weighted by Crippen LogP contribution is -2.51. The second-order valence-corrected chi connectivity index (χ2v) is 10.0. The van der Waals surface area contributed by atoms with Crippen molar-refractivity contribution in [1.82, 2.24) is 14.9 Å². The Balaban J connectivity index is 1.89. The molecule has 158 valence electrons. The molecule has 1 aromatic carbocycles. The standard InChI is InChI=1S/C20H34N4O3S/c1-6-28(25,26)24-12-10-17(11-13-24)23-19(21-4)22-15-20(2,3)16-8-7-9-18(14-16)27-5/h7-9,14,17H,6,10-13,15H2,1-5H3,(H2,21,22,23). The summed E-state index contributed by atoms with van der Waals surface area (Å²) >= 11 is 0. The number of rotatable bonds is 7. The summed E-state index contributed by atoms with van der Waals surface area (Å²) in [6.07, 6.45) is 1.55.